The van der Waals surface area contributed by atoms with E-state index in [0.29, 0.717) is 0 Å². The molecule has 0 radical (unpaired) electrons. The number of carboxylic acid groups (broad SMARTS) is 1. The van der Waals surface area contributed by atoms with Gasteiger partial charge in [-0.15, -0.1) is 0 Å². The Labute approximate surface area is 96.2 Å². The van der Waals surface area contributed by atoms with E-state index in [0.717, 1.165) is 10.9 Å². The van der Waals surface area contributed by atoms with Crippen LogP contribution in [0.2, 0.25) is 0 Å². The van der Waals surface area contributed by atoms with Crippen molar-refractivity contribution in [3.63, 3.8) is 0 Å². The maximum Gasteiger partial charge on any atom is 0.390 e. The van der Waals surface area contributed by atoms with Crippen LogP contribution >= 0.6 is 22.6 Å². The molecule has 1 aromatic rings. The molecule has 0 atom stereocenters. The van der Waals surface area contributed by atoms with Gasteiger partial charge in [0.15, 0.2) is 0 Å². The largest absolute Gasteiger partial charge is 0.478 e. The van der Waals surface area contributed by atoms with Crippen molar-refractivity contribution in [2.75, 3.05) is 0 Å². The zero-order valence-electron chi connectivity index (χ0n) is 7.25. The summed E-state index contributed by atoms with van der Waals surface area (Å²) >= 11 is 1.66. The summed E-state index contributed by atoms with van der Waals surface area (Å²) in [7, 11) is 0. The number of rotatable bonds is 3. The number of aromatic carboxylic acids is 1. The quantitative estimate of drug-likeness (QED) is 0.862. The van der Waals surface area contributed by atoms with Crippen LogP contribution in [-0.2, 0) is 6.54 Å². The van der Waals surface area contributed by atoms with E-state index < -0.39 is 18.6 Å². The van der Waals surface area contributed by atoms with Gasteiger partial charge < -0.3 is 5.11 Å². The zero-order chi connectivity index (χ0) is 11.6. The van der Waals surface area contributed by atoms with Gasteiger partial charge in [0.25, 0.3) is 0 Å². The van der Waals surface area contributed by atoms with Crippen LogP contribution in [-0.4, -0.2) is 27.0 Å². The lowest BCUT2D eigenvalue weighted by molar-refractivity contribution is -0.137. The third kappa shape index (κ3) is 3.36. The highest BCUT2D eigenvalue weighted by atomic mass is 127. The number of aromatic nitrogens is 2. The van der Waals surface area contributed by atoms with Gasteiger partial charge in [-0.25, -0.2) is 4.79 Å². The predicted octanol–water partition coefficient (Wildman–Crippen LogP) is 2.14. The van der Waals surface area contributed by atoms with Gasteiger partial charge in [-0.2, -0.15) is 18.3 Å². The Bertz CT molecular complexity index is 375. The van der Waals surface area contributed by atoms with Crippen LogP contribution in [0.4, 0.5) is 13.2 Å². The highest BCUT2D eigenvalue weighted by Crippen LogP contribution is 2.21. The van der Waals surface area contributed by atoms with Gasteiger partial charge >= 0.3 is 12.1 Å². The fraction of sp³-hybridized carbons (Fsp3) is 0.429. The Morgan fingerprint density at radius 2 is 2.20 bits per heavy atom. The first-order valence-electron chi connectivity index (χ1n) is 3.82. The van der Waals surface area contributed by atoms with Crippen LogP contribution in [0.25, 0.3) is 0 Å². The van der Waals surface area contributed by atoms with E-state index in [4.69, 9.17) is 5.11 Å². The van der Waals surface area contributed by atoms with Gasteiger partial charge in [-0.1, -0.05) is 0 Å². The number of aryl methyl sites for hydroxylation is 1. The van der Waals surface area contributed by atoms with E-state index in [1.165, 1.54) is 0 Å². The minimum atomic E-state index is -4.27. The summed E-state index contributed by atoms with van der Waals surface area (Å²) in [5, 5.41) is 12.2. The molecular formula is C7H6F3IN2O2. The molecule has 1 aromatic heterocycles. The van der Waals surface area contributed by atoms with Gasteiger partial charge in [0.05, 0.1) is 19.2 Å². The minimum Gasteiger partial charge on any atom is -0.478 e. The normalized spacial score (nSPS) is 11.7. The van der Waals surface area contributed by atoms with Crippen molar-refractivity contribution in [2.45, 2.75) is 19.1 Å². The predicted molar refractivity (Wildman–Crippen MR) is 52.6 cm³/mol. The van der Waals surface area contributed by atoms with Crippen LogP contribution in [0.1, 0.15) is 16.8 Å². The van der Waals surface area contributed by atoms with Gasteiger partial charge in [-0.05, 0) is 22.6 Å². The molecule has 0 bridgehead atoms. The topological polar surface area (TPSA) is 55.1 Å². The molecular weight excluding hydrogens is 328 g/mol. The van der Waals surface area contributed by atoms with E-state index in [-0.39, 0.29) is 15.8 Å². The molecule has 15 heavy (non-hydrogen) atoms. The first-order valence-corrected chi connectivity index (χ1v) is 4.90. The molecule has 4 nitrogen and oxygen atoms in total. The van der Waals surface area contributed by atoms with E-state index in [9.17, 15) is 18.0 Å². The summed E-state index contributed by atoms with van der Waals surface area (Å²) in [5.41, 5.74) is -0.0854. The molecule has 0 aromatic carbocycles. The molecule has 0 spiro atoms. The highest BCUT2D eigenvalue weighted by Gasteiger charge is 2.27. The average molecular weight is 334 g/mol. The molecule has 0 amide bonds. The SMILES string of the molecule is O=C(O)c1cnn(CCC(F)(F)F)c1I. The summed E-state index contributed by atoms with van der Waals surface area (Å²) in [5.74, 6) is -1.20. The van der Waals surface area contributed by atoms with Crippen LogP contribution in [0.5, 0.6) is 0 Å². The number of carbonyl (C=O) groups is 1. The van der Waals surface area contributed by atoms with Gasteiger partial charge in [0.2, 0.25) is 0 Å². The van der Waals surface area contributed by atoms with Crippen molar-refractivity contribution in [3.8, 4) is 0 Å². The van der Waals surface area contributed by atoms with E-state index in [1.54, 1.807) is 22.6 Å². The van der Waals surface area contributed by atoms with Crippen molar-refractivity contribution in [1.82, 2.24) is 9.78 Å². The zero-order valence-corrected chi connectivity index (χ0v) is 9.41. The highest BCUT2D eigenvalue weighted by molar-refractivity contribution is 14.1. The number of hydrogen-bond donors (Lipinski definition) is 1. The van der Waals surface area contributed by atoms with Crippen LogP contribution < -0.4 is 0 Å². The molecule has 0 saturated carbocycles. The molecule has 1 N–H and O–H groups in total. The monoisotopic (exact) mass is 334 g/mol. The molecule has 84 valence electrons. The molecule has 0 aliphatic heterocycles. The van der Waals surface area contributed by atoms with Gasteiger partial charge in [0.1, 0.15) is 9.26 Å². The Balaban J connectivity index is 2.75. The summed E-state index contributed by atoms with van der Waals surface area (Å²) in [6, 6.07) is 0. The Morgan fingerprint density at radius 1 is 1.60 bits per heavy atom. The minimum absolute atomic E-state index is 0.0854. The Morgan fingerprint density at radius 3 is 2.60 bits per heavy atom. The van der Waals surface area contributed by atoms with Crippen molar-refractivity contribution in [2.24, 2.45) is 0 Å². The van der Waals surface area contributed by atoms with Gasteiger partial charge in [-0.3, -0.25) is 4.68 Å². The first kappa shape index (κ1) is 12.3. The average Bonchev–Trinajstić information content (AvgIpc) is 2.42. The van der Waals surface area contributed by atoms with Crippen molar-refractivity contribution in [3.05, 3.63) is 15.5 Å². The Kier molecular flexibility index (Phi) is 3.58. The number of hydrogen-bond acceptors (Lipinski definition) is 2. The van der Waals surface area contributed by atoms with E-state index in [1.807, 2.05) is 0 Å². The number of halogens is 4. The molecule has 1 heterocycles. The number of nitrogens with zero attached hydrogens (tertiary/aromatic N) is 2. The summed E-state index contributed by atoms with van der Waals surface area (Å²) in [4.78, 5) is 10.6. The number of alkyl halides is 3. The lowest BCUT2D eigenvalue weighted by atomic mass is 10.4. The van der Waals surface area contributed by atoms with E-state index in [2.05, 4.69) is 5.10 Å². The van der Waals surface area contributed by atoms with Crippen LogP contribution in [0, 0.1) is 3.70 Å². The third-order valence-corrected chi connectivity index (χ3v) is 2.75. The first-order chi connectivity index (χ1) is 6.81. The van der Waals surface area contributed by atoms with Crippen molar-refractivity contribution >= 4 is 28.6 Å². The maximum atomic E-state index is 11.9. The molecule has 0 aliphatic rings. The fourth-order valence-corrected chi connectivity index (χ4v) is 1.64. The second kappa shape index (κ2) is 4.37. The van der Waals surface area contributed by atoms with E-state index >= 15 is 0 Å². The maximum absolute atomic E-state index is 11.9. The lowest BCUT2D eigenvalue weighted by Crippen LogP contribution is -2.14. The standard InChI is InChI=1S/C7H6F3IN2O2/c8-7(9,10)1-2-13-5(11)4(3-12-13)6(14)15/h3H,1-2H2,(H,14,15). The fourth-order valence-electron chi connectivity index (χ4n) is 0.902. The molecule has 0 aliphatic carbocycles. The van der Waals surface area contributed by atoms with Crippen LogP contribution in [0.15, 0.2) is 6.20 Å². The number of carboxylic acids is 1. The lowest BCUT2D eigenvalue weighted by Gasteiger charge is -2.06. The third-order valence-electron chi connectivity index (χ3n) is 1.61. The second-order valence-corrected chi connectivity index (χ2v) is 3.76. The molecule has 1 rings (SSSR count). The second-order valence-electron chi connectivity index (χ2n) is 2.74. The van der Waals surface area contributed by atoms with Crippen molar-refractivity contribution in [1.29, 1.82) is 0 Å². The summed E-state index contributed by atoms with van der Waals surface area (Å²) < 4.78 is 36.9. The van der Waals surface area contributed by atoms with Crippen molar-refractivity contribution < 1.29 is 23.1 Å². The summed E-state index contributed by atoms with van der Waals surface area (Å²) in [6.45, 7) is -0.366. The summed E-state index contributed by atoms with van der Waals surface area (Å²) in [6.07, 6.45) is -4.25. The molecule has 8 heteroatoms. The molecule has 0 fully saturated rings. The van der Waals surface area contributed by atoms with Crippen LogP contribution in [0.3, 0.4) is 0 Å². The van der Waals surface area contributed by atoms with Gasteiger partial charge in [0, 0.05) is 0 Å². The smallest absolute Gasteiger partial charge is 0.390 e. The Hall–Kier alpha value is -0.800. The molecule has 0 unspecified atom stereocenters. The molecule has 0 saturated heterocycles.